The summed E-state index contributed by atoms with van der Waals surface area (Å²) in [6, 6.07) is 13.2. The Bertz CT molecular complexity index is 1010. The van der Waals surface area contributed by atoms with Gasteiger partial charge in [-0.05, 0) is 32.2 Å². The number of imidazole rings is 1. The summed E-state index contributed by atoms with van der Waals surface area (Å²) < 4.78 is 12.0. The predicted octanol–water partition coefficient (Wildman–Crippen LogP) is 3.63. The van der Waals surface area contributed by atoms with Crippen LogP contribution in [0.1, 0.15) is 26.5 Å². The van der Waals surface area contributed by atoms with Crippen molar-refractivity contribution in [1.29, 1.82) is 0 Å². The van der Waals surface area contributed by atoms with Gasteiger partial charge in [-0.2, -0.15) is 0 Å². The van der Waals surface area contributed by atoms with E-state index in [0.717, 1.165) is 16.5 Å². The van der Waals surface area contributed by atoms with Gasteiger partial charge >= 0.3 is 12.1 Å². The quantitative estimate of drug-likeness (QED) is 0.667. The van der Waals surface area contributed by atoms with Crippen LogP contribution >= 0.6 is 0 Å². The van der Waals surface area contributed by atoms with Crippen LogP contribution in [0.25, 0.3) is 16.5 Å². The summed E-state index contributed by atoms with van der Waals surface area (Å²) in [7, 11) is 1.28. The SMILES string of the molecule is COC(=O)[C@H](Cc1cn(-c2cccc3ccccc23)cn1)NC(=O)OC(C)(C)C. The maximum absolute atomic E-state index is 12.1. The van der Waals surface area contributed by atoms with Gasteiger partial charge in [0.15, 0.2) is 0 Å². The standard InChI is InChI=1S/C22H25N3O4/c1-22(2,3)29-21(27)24-18(20(26)28-4)12-16-13-25(14-23-16)19-11-7-9-15-8-5-6-10-17(15)19/h5-11,13-14,18H,12H2,1-4H3,(H,24,27)/t18-/m0/s1. The number of alkyl carbamates (subject to hydrolysis) is 1. The second-order valence-corrected chi connectivity index (χ2v) is 7.70. The molecular weight excluding hydrogens is 370 g/mol. The van der Waals surface area contributed by atoms with Crippen LogP contribution < -0.4 is 5.32 Å². The molecule has 29 heavy (non-hydrogen) atoms. The first kappa shape index (κ1) is 20.4. The lowest BCUT2D eigenvalue weighted by atomic mass is 10.1. The van der Waals surface area contributed by atoms with E-state index in [-0.39, 0.29) is 6.42 Å². The summed E-state index contributed by atoms with van der Waals surface area (Å²) in [4.78, 5) is 28.6. The van der Waals surface area contributed by atoms with Gasteiger partial charge in [0.1, 0.15) is 11.6 Å². The van der Waals surface area contributed by atoms with Gasteiger partial charge < -0.3 is 19.4 Å². The molecule has 3 aromatic rings. The molecule has 152 valence electrons. The normalized spacial score (nSPS) is 12.4. The minimum absolute atomic E-state index is 0.184. The van der Waals surface area contributed by atoms with Gasteiger partial charge in [0.25, 0.3) is 0 Å². The average Bonchev–Trinajstić information content (AvgIpc) is 3.13. The number of amides is 1. The fourth-order valence-electron chi connectivity index (χ4n) is 3.03. The first-order valence-corrected chi connectivity index (χ1v) is 9.35. The molecule has 1 heterocycles. The highest BCUT2D eigenvalue weighted by atomic mass is 16.6. The molecule has 1 amide bonds. The van der Waals surface area contributed by atoms with Crippen molar-refractivity contribution in [2.24, 2.45) is 0 Å². The summed E-state index contributed by atoms with van der Waals surface area (Å²) in [6.45, 7) is 5.27. The van der Waals surface area contributed by atoms with Crippen molar-refractivity contribution in [2.75, 3.05) is 7.11 Å². The molecular formula is C22H25N3O4. The van der Waals surface area contributed by atoms with E-state index in [0.29, 0.717) is 5.69 Å². The Balaban J connectivity index is 1.80. The molecule has 2 aromatic carbocycles. The minimum Gasteiger partial charge on any atom is -0.467 e. The minimum atomic E-state index is -0.897. The summed E-state index contributed by atoms with van der Waals surface area (Å²) in [6.07, 6.45) is 3.04. The molecule has 0 fully saturated rings. The molecule has 1 atom stereocenters. The molecule has 0 unspecified atom stereocenters. The monoisotopic (exact) mass is 395 g/mol. The largest absolute Gasteiger partial charge is 0.467 e. The highest BCUT2D eigenvalue weighted by molar-refractivity contribution is 5.90. The number of esters is 1. The second kappa shape index (κ2) is 8.34. The third kappa shape index (κ3) is 5.13. The number of hydrogen-bond donors (Lipinski definition) is 1. The zero-order chi connectivity index (χ0) is 21.0. The van der Waals surface area contributed by atoms with Crippen LogP contribution in [0.4, 0.5) is 4.79 Å². The number of ether oxygens (including phenoxy) is 2. The van der Waals surface area contributed by atoms with Gasteiger partial charge in [0.2, 0.25) is 0 Å². The molecule has 7 nitrogen and oxygen atoms in total. The number of aromatic nitrogens is 2. The van der Waals surface area contributed by atoms with E-state index in [4.69, 9.17) is 9.47 Å². The summed E-state index contributed by atoms with van der Waals surface area (Å²) in [5, 5.41) is 4.78. The lowest BCUT2D eigenvalue weighted by Gasteiger charge is -2.22. The number of nitrogens with zero attached hydrogens (tertiary/aromatic N) is 2. The molecule has 0 saturated heterocycles. The van der Waals surface area contributed by atoms with Gasteiger partial charge in [-0.25, -0.2) is 14.6 Å². The molecule has 0 spiro atoms. The number of methoxy groups -OCH3 is 1. The van der Waals surface area contributed by atoms with Crippen molar-refractivity contribution in [3.05, 3.63) is 60.7 Å². The van der Waals surface area contributed by atoms with Crippen molar-refractivity contribution in [2.45, 2.75) is 38.8 Å². The average molecular weight is 395 g/mol. The van der Waals surface area contributed by atoms with E-state index < -0.39 is 23.7 Å². The number of benzene rings is 2. The third-order valence-electron chi connectivity index (χ3n) is 4.27. The van der Waals surface area contributed by atoms with Crippen LogP contribution in [0.2, 0.25) is 0 Å². The van der Waals surface area contributed by atoms with Crippen molar-refractivity contribution in [3.8, 4) is 5.69 Å². The summed E-state index contributed by atoms with van der Waals surface area (Å²) >= 11 is 0. The van der Waals surface area contributed by atoms with Crippen molar-refractivity contribution < 1.29 is 19.1 Å². The lowest BCUT2D eigenvalue weighted by molar-refractivity contribution is -0.143. The first-order chi connectivity index (χ1) is 13.8. The van der Waals surface area contributed by atoms with E-state index in [1.165, 1.54) is 7.11 Å². The van der Waals surface area contributed by atoms with E-state index in [1.807, 2.05) is 41.1 Å². The van der Waals surface area contributed by atoms with Crippen LogP contribution in [0.5, 0.6) is 0 Å². The van der Waals surface area contributed by atoms with Crippen LogP contribution in [0.3, 0.4) is 0 Å². The summed E-state index contributed by atoms with van der Waals surface area (Å²) in [5.74, 6) is -0.560. The number of nitrogens with one attached hydrogen (secondary N) is 1. The topological polar surface area (TPSA) is 82.5 Å². The summed E-state index contributed by atoms with van der Waals surface area (Å²) in [5.41, 5.74) is 0.960. The van der Waals surface area contributed by atoms with Crippen molar-refractivity contribution in [3.63, 3.8) is 0 Å². The van der Waals surface area contributed by atoms with E-state index in [2.05, 4.69) is 22.4 Å². The number of rotatable bonds is 5. The number of carbonyl (C=O) groups excluding carboxylic acids is 2. The fourth-order valence-corrected chi connectivity index (χ4v) is 3.03. The molecule has 0 aliphatic rings. The maximum Gasteiger partial charge on any atom is 0.408 e. The number of hydrogen-bond acceptors (Lipinski definition) is 5. The smallest absolute Gasteiger partial charge is 0.408 e. The fraction of sp³-hybridized carbons (Fsp3) is 0.318. The Hall–Kier alpha value is -3.35. The molecule has 0 aliphatic heterocycles. The van der Waals surface area contributed by atoms with Crippen LogP contribution in [0.15, 0.2) is 55.0 Å². The van der Waals surface area contributed by atoms with Gasteiger partial charge in [-0.15, -0.1) is 0 Å². The molecule has 1 aromatic heterocycles. The molecule has 1 N–H and O–H groups in total. The molecule has 0 aliphatic carbocycles. The highest BCUT2D eigenvalue weighted by Crippen LogP contribution is 2.22. The first-order valence-electron chi connectivity index (χ1n) is 9.35. The van der Waals surface area contributed by atoms with Gasteiger partial charge in [-0.3, -0.25) is 0 Å². The Morgan fingerprint density at radius 1 is 1.14 bits per heavy atom. The lowest BCUT2D eigenvalue weighted by Crippen LogP contribution is -2.45. The van der Waals surface area contributed by atoms with E-state index in [1.54, 1.807) is 27.1 Å². The number of carbonyl (C=O) groups is 2. The molecule has 7 heteroatoms. The predicted molar refractivity (Wildman–Crippen MR) is 110 cm³/mol. The Morgan fingerprint density at radius 2 is 1.86 bits per heavy atom. The molecule has 0 bridgehead atoms. The molecule has 3 rings (SSSR count). The zero-order valence-electron chi connectivity index (χ0n) is 17.0. The molecule has 0 radical (unpaired) electrons. The van der Waals surface area contributed by atoms with Gasteiger partial charge in [-0.1, -0.05) is 36.4 Å². The van der Waals surface area contributed by atoms with Crippen molar-refractivity contribution in [1.82, 2.24) is 14.9 Å². The number of fused-ring (bicyclic) bond motifs is 1. The van der Waals surface area contributed by atoms with Gasteiger partial charge in [0, 0.05) is 18.0 Å². The van der Waals surface area contributed by atoms with Crippen LogP contribution in [0, 0.1) is 0 Å². The third-order valence-corrected chi connectivity index (χ3v) is 4.27. The van der Waals surface area contributed by atoms with E-state index in [9.17, 15) is 9.59 Å². The molecule has 0 saturated carbocycles. The Morgan fingerprint density at radius 3 is 2.59 bits per heavy atom. The van der Waals surface area contributed by atoms with Crippen LogP contribution in [-0.2, 0) is 20.7 Å². The van der Waals surface area contributed by atoms with Crippen molar-refractivity contribution >= 4 is 22.8 Å². The second-order valence-electron chi connectivity index (χ2n) is 7.70. The Kier molecular flexibility index (Phi) is 5.87. The zero-order valence-corrected chi connectivity index (χ0v) is 17.0. The van der Waals surface area contributed by atoms with Crippen LogP contribution in [-0.4, -0.2) is 40.4 Å². The maximum atomic E-state index is 12.1. The van der Waals surface area contributed by atoms with Gasteiger partial charge in [0.05, 0.1) is 24.8 Å². The van der Waals surface area contributed by atoms with E-state index >= 15 is 0 Å². The Labute approximate surface area is 169 Å². The highest BCUT2D eigenvalue weighted by Gasteiger charge is 2.26.